The van der Waals surface area contributed by atoms with Crippen molar-refractivity contribution >= 4 is 11.7 Å². The number of rotatable bonds is 1. The maximum absolute atomic E-state index is 11.2. The lowest BCUT2D eigenvalue weighted by molar-refractivity contribution is -0.139. The normalized spacial score (nSPS) is 29.3. The fourth-order valence-corrected chi connectivity index (χ4v) is 2.85. The Morgan fingerprint density at radius 3 is 3.00 bits per heavy atom. The van der Waals surface area contributed by atoms with Crippen molar-refractivity contribution in [2.24, 2.45) is 5.92 Å². The van der Waals surface area contributed by atoms with Crippen LogP contribution in [-0.2, 0) is 4.79 Å². The molecular formula is C13H13NO3. The van der Waals surface area contributed by atoms with Crippen LogP contribution in [0.5, 0.6) is 5.75 Å². The SMILES string of the molecule is O=C(O)[C@@H]1Nc2c(O)cccc2[C@H]2C=CC[C@@H]21. The Kier molecular flexibility index (Phi) is 2.11. The zero-order valence-corrected chi connectivity index (χ0v) is 9.13. The summed E-state index contributed by atoms with van der Waals surface area (Å²) in [6, 6.07) is 4.67. The smallest absolute Gasteiger partial charge is 0.326 e. The van der Waals surface area contributed by atoms with Gasteiger partial charge >= 0.3 is 5.97 Å². The maximum atomic E-state index is 11.2. The van der Waals surface area contributed by atoms with Gasteiger partial charge in [0.05, 0.1) is 5.69 Å². The van der Waals surface area contributed by atoms with E-state index in [0.717, 1.165) is 12.0 Å². The number of carboxylic acid groups (broad SMARTS) is 1. The van der Waals surface area contributed by atoms with Crippen molar-refractivity contribution in [3.8, 4) is 5.75 Å². The molecule has 3 N–H and O–H groups in total. The molecule has 0 saturated carbocycles. The van der Waals surface area contributed by atoms with E-state index in [2.05, 4.69) is 5.32 Å². The van der Waals surface area contributed by atoms with Gasteiger partial charge < -0.3 is 15.5 Å². The first-order valence-corrected chi connectivity index (χ1v) is 5.66. The Morgan fingerprint density at radius 1 is 1.41 bits per heavy atom. The number of carboxylic acids is 1. The van der Waals surface area contributed by atoms with E-state index in [0.29, 0.717) is 5.69 Å². The highest BCUT2D eigenvalue weighted by atomic mass is 16.4. The second kappa shape index (κ2) is 3.52. The molecule has 4 nitrogen and oxygen atoms in total. The number of fused-ring (bicyclic) bond motifs is 3. The predicted octanol–water partition coefficient (Wildman–Crippen LogP) is 1.93. The topological polar surface area (TPSA) is 69.6 Å². The van der Waals surface area contributed by atoms with Gasteiger partial charge in [-0.05, 0) is 18.1 Å². The van der Waals surface area contributed by atoms with Gasteiger partial charge in [-0.1, -0.05) is 24.3 Å². The largest absolute Gasteiger partial charge is 0.506 e. The van der Waals surface area contributed by atoms with Gasteiger partial charge in [-0.25, -0.2) is 4.79 Å². The molecule has 0 bridgehead atoms. The zero-order valence-electron chi connectivity index (χ0n) is 9.13. The maximum Gasteiger partial charge on any atom is 0.326 e. The molecule has 17 heavy (non-hydrogen) atoms. The first kappa shape index (κ1) is 10.2. The van der Waals surface area contributed by atoms with Gasteiger partial charge in [-0.3, -0.25) is 0 Å². The van der Waals surface area contributed by atoms with Crippen LogP contribution in [0.3, 0.4) is 0 Å². The number of phenols is 1. The minimum Gasteiger partial charge on any atom is -0.506 e. The van der Waals surface area contributed by atoms with Crippen LogP contribution in [-0.4, -0.2) is 22.2 Å². The molecule has 3 atom stereocenters. The second-order valence-electron chi connectivity index (χ2n) is 4.56. The van der Waals surface area contributed by atoms with Crippen molar-refractivity contribution < 1.29 is 15.0 Å². The number of phenolic OH excluding ortho intramolecular Hbond substituents is 1. The monoisotopic (exact) mass is 231 g/mol. The first-order chi connectivity index (χ1) is 8.18. The van der Waals surface area contributed by atoms with Crippen LogP contribution in [0.4, 0.5) is 5.69 Å². The van der Waals surface area contributed by atoms with Crippen LogP contribution >= 0.6 is 0 Å². The summed E-state index contributed by atoms with van der Waals surface area (Å²) in [4.78, 5) is 11.2. The van der Waals surface area contributed by atoms with Crippen molar-refractivity contribution in [3.63, 3.8) is 0 Å². The van der Waals surface area contributed by atoms with Gasteiger partial charge in [0.15, 0.2) is 0 Å². The number of hydrogen-bond acceptors (Lipinski definition) is 3. The van der Waals surface area contributed by atoms with E-state index < -0.39 is 12.0 Å². The molecule has 0 fully saturated rings. The lowest BCUT2D eigenvalue weighted by Crippen LogP contribution is -2.41. The number of para-hydroxylation sites is 1. The number of benzene rings is 1. The lowest BCUT2D eigenvalue weighted by atomic mass is 9.79. The van der Waals surface area contributed by atoms with Crippen LogP contribution in [0.1, 0.15) is 17.9 Å². The van der Waals surface area contributed by atoms with Gasteiger partial charge in [-0.15, -0.1) is 0 Å². The summed E-state index contributed by atoms with van der Waals surface area (Å²) in [6.45, 7) is 0. The van der Waals surface area contributed by atoms with E-state index >= 15 is 0 Å². The Balaban J connectivity index is 2.12. The molecule has 0 radical (unpaired) electrons. The van der Waals surface area contributed by atoms with Crippen LogP contribution < -0.4 is 5.32 Å². The lowest BCUT2D eigenvalue weighted by Gasteiger charge is -2.34. The van der Waals surface area contributed by atoms with Crippen molar-refractivity contribution in [1.29, 1.82) is 0 Å². The van der Waals surface area contributed by atoms with Gasteiger partial charge in [0.2, 0.25) is 0 Å². The van der Waals surface area contributed by atoms with E-state index in [1.54, 1.807) is 12.1 Å². The molecule has 4 heteroatoms. The Hall–Kier alpha value is -1.97. The molecule has 1 heterocycles. The second-order valence-corrected chi connectivity index (χ2v) is 4.56. The fourth-order valence-electron chi connectivity index (χ4n) is 2.85. The molecule has 0 saturated heterocycles. The standard InChI is InChI=1S/C13H13NO3/c15-10-6-2-5-8-7-3-1-4-9(7)12(13(16)17)14-11(8)10/h1-3,5-7,9,12,14-15H,4H2,(H,16,17)/t7-,9+,12-/m1/s1. The summed E-state index contributed by atoms with van der Waals surface area (Å²) < 4.78 is 0. The summed E-state index contributed by atoms with van der Waals surface area (Å²) >= 11 is 0. The highest BCUT2D eigenvalue weighted by Crippen LogP contribution is 2.47. The number of carbonyl (C=O) groups is 1. The fraction of sp³-hybridized carbons (Fsp3) is 0.308. The van der Waals surface area contributed by atoms with Crippen molar-refractivity contribution in [2.75, 3.05) is 5.32 Å². The molecule has 1 aromatic carbocycles. The van der Waals surface area contributed by atoms with Crippen LogP contribution in [0.15, 0.2) is 30.4 Å². The van der Waals surface area contributed by atoms with Gasteiger partial charge in [0, 0.05) is 11.8 Å². The molecule has 3 rings (SSSR count). The van der Waals surface area contributed by atoms with Crippen LogP contribution in [0, 0.1) is 5.92 Å². The third-order valence-electron chi connectivity index (χ3n) is 3.64. The van der Waals surface area contributed by atoms with Gasteiger partial charge in [0.1, 0.15) is 11.8 Å². The average molecular weight is 231 g/mol. The number of aliphatic carboxylic acids is 1. The molecule has 1 aromatic rings. The Morgan fingerprint density at radius 2 is 2.24 bits per heavy atom. The molecule has 0 amide bonds. The summed E-state index contributed by atoms with van der Waals surface area (Å²) in [7, 11) is 0. The number of anilines is 1. The summed E-state index contributed by atoms with van der Waals surface area (Å²) in [6.07, 6.45) is 4.83. The highest BCUT2D eigenvalue weighted by Gasteiger charge is 2.41. The predicted molar refractivity (Wildman–Crippen MR) is 63.1 cm³/mol. The highest BCUT2D eigenvalue weighted by molar-refractivity contribution is 5.82. The van der Waals surface area contributed by atoms with E-state index in [4.69, 9.17) is 0 Å². The average Bonchev–Trinajstić information content (AvgIpc) is 2.77. The van der Waals surface area contributed by atoms with E-state index in [9.17, 15) is 15.0 Å². The molecular weight excluding hydrogens is 218 g/mol. The number of aromatic hydroxyl groups is 1. The molecule has 0 spiro atoms. The minimum atomic E-state index is -0.863. The molecule has 0 unspecified atom stereocenters. The van der Waals surface area contributed by atoms with Crippen molar-refractivity contribution in [1.82, 2.24) is 0 Å². The summed E-state index contributed by atoms with van der Waals surface area (Å²) in [5.41, 5.74) is 1.55. The minimum absolute atomic E-state index is 0.0433. The molecule has 1 aliphatic carbocycles. The van der Waals surface area contributed by atoms with Crippen LogP contribution in [0.25, 0.3) is 0 Å². The zero-order chi connectivity index (χ0) is 12.0. The quantitative estimate of drug-likeness (QED) is 0.510. The molecule has 0 aromatic heterocycles. The first-order valence-electron chi connectivity index (χ1n) is 5.66. The third-order valence-corrected chi connectivity index (χ3v) is 3.64. The summed E-state index contributed by atoms with van der Waals surface area (Å²) in [5.74, 6) is -0.605. The Bertz CT molecular complexity index is 509. The number of hydrogen-bond donors (Lipinski definition) is 3. The third kappa shape index (κ3) is 1.40. The van der Waals surface area contributed by atoms with Gasteiger partial charge in [-0.2, -0.15) is 0 Å². The van der Waals surface area contributed by atoms with E-state index in [1.807, 2.05) is 18.2 Å². The Labute approximate surface area is 98.6 Å². The number of nitrogens with one attached hydrogen (secondary N) is 1. The number of allylic oxidation sites excluding steroid dienone is 2. The van der Waals surface area contributed by atoms with E-state index in [-0.39, 0.29) is 17.6 Å². The molecule has 1 aliphatic heterocycles. The molecule has 2 aliphatic rings. The molecule has 88 valence electrons. The van der Waals surface area contributed by atoms with Gasteiger partial charge in [0.25, 0.3) is 0 Å². The summed E-state index contributed by atoms with van der Waals surface area (Å²) in [5, 5.41) is 22.0. The van der Waals surface area contributed by atoms with Crippen LogP contribution in [0.2, 0.25) is 0 Å². The van der Waals surface area contributed by atoms with Crippen molar-refractivity contribution in [3.05, 3.63) is 35.9 Å². The van der Waals surface area contributed by atoms with Crippen molar-refractivity contribution in [2.45, 2.75) is 18.4 Å². The van der Waals surface area contributed by atoms with E-state index in [1.165, 1.54) is 0 Å².